The predicted octanol–water partition coefficient (Wildman–Crippen LogP) is 5.86. The molecule has 67 heavy (non-hydrogen) atoms. The number of carbonyl (C=O) groups is 6. The summed E-state index contributed by atoms with van der Waals surface area (Å²) in [7, 11) is 3.21. The van der Waals surface area contributed by atoms with Gasteiger partial charge in [-0.25, -0.2) is 4.98 Å². The van der Waals surface area contributed by atoms with E-state index in [0.29, 0.717) is 64.7 Å². The molecule has 6 N–H and O–H groups in total. The SMILES string of the molecule is CNC(=O)c1ccccc1Nc1nc(Nc2ccc(N3CCN(CCCCCCCCCC(=O)NCCNc4cccc5c4C(=O)N(C4CCC(=O)NC4=O)C5=O)CC3)cc2OC)ncc1Cl. The smallest absolute Gasteiger partial charge is 0.264 e. The highest BCUT2D eigenvalue weighted by Gasteiger charge is 2.45. The molecule has 3 aliphatic rings. The maximum Gasteiger partial charge on any atom is 0.264 e. The average molecular weight is 937 g/mol. The molecule has 3 aromatic carbocycles. The van der Waals surface area contributed by atoms with Gasteiger partial charge in [0.25, 0.3) is 17.7 Å². The molecule has 0 bridgehead atoms. The van der Waals surface area contributed by atoms with Crippen LogP contribution in [0.3, 0.4) is 0 Å². The molecule has 354 valence electrons. The van der Waals surface area contributed by atoms with Crippen LogP contribution in [0.25, 0.3) is 0 Å². The Labute approximate surface area is 394 Å². The summed E-state index contributed by atoms with van der Waals surface area (Å²) in [5.41, 5.74) is 3.66. The van der Waals surface area contributed by atoms with E-state index in [1.165, 1.54) is 19.0 Å². The van der Waals surface area contributed by atoms with E-state index < -0.39 is 29.7 Å². The number of nitrogens with zero attached hydrogens (tertiary/aromatic N) is 5. The number of amides is 6. The first-order valence-corrected chi connectivity index (χ1v) is 23.3. The van der Waals surface area contributed by atoms with Gasteiger partial charge in [0.1, 0.15) is 16.8 Å². The number of imide groups is 2. The Morgan fingerprint density at radius 2 is 1.58 bits per heavy atom. The van der Waals surface area contributed by atoms with Crippen molar-refractivity contribution in [2.45, 2.75) is 70.3 Å². The van der Waals surface area contributed by atoms with Crippen LogP contribution in [-0.2, 0) is 14.4 Å². The highest BCUT2D eigenvalue weighted by atomic mass is 35.5. The third kappa shape index (κ3) is 12.2. The zero-order chi connectivity index (χ0) is 47.3. The van der Waals surface area contributed by atoms with E-state index in [1.54, 1.807) is 50.6 Å². The lowest BCUT2D eigenvalue weighted by Gasteiger charge is -2.36. The van der Waals surface area contributed by atoms with Crippen molar-refractivity contribution in [1.29, 1.82) is 0 Å². The number of halogens is 1. The predicted molar refractivity (Wildman–Crippen MR) is 257 cm³/mol. The first kappa shape index (κ1) is 48.2. The number of nitrogens with one attached hydrogen (secondary N) is 6. The third-order valence-electron chi connectivity index (χ3n) is 12.2. The number of rotatable bonds is 22. The molecule has 19 heteroatoms. The number of piperidine rings is 1. The van der Waals surface area contributed by atoms with E-state index in [1.807, 2.05) is 18.2 Å². The first-order chi connectivity index (χ1) is 32.5. The molecule has 1 aromatic heterocycles. The lowest BCUT2D eigenvalue weighted by molar-refractivity contribution is -0.136. The summed E-state index contributed by atoms with van der Waals surface area (Å²) in [5, 5.41) is 17.6. The standard InChI is InChI=1S/C48H58ClN11O7/c1-50-44(63)32-13-9-10-15-35(32)54-43-34(49)30-53-48(57-43)55-36-19-18-31(29-39(36)67-2)59-27-25-58(26-28-59)24-11-7-5-3-4-6-8-17-40(61)52-23-22-51-37-16-12-14-33-42(37)47(66)60(46(33)65)38-20-21-41(62)56-45(38)64/h9-10,12-16,18-19,29-30,38,51H,3-8,11,17,20-28H2,1-2H3,(H,50,63)(H,52,61)(H,56,62,64)(H2,53,54,55,57). The summed E-state index contributed by atoms with van der Waals surface area (Å²) in [5.74, 6) is -1.15. The van der Waals surface area contributed by atoms with Gasteiger partial charge in [0, 0.05) is 76.6 Å². The fourth-order valence-electron chi connectivity index (χ4n) is 8.55. The number of hydrogen-bond donors (Lipinski definition) is 6. The minimum absolute atomic E-state index is 0.0276. The number of ether oxygens (including phenoxy) is 1. The molecule has 0 aliphatic carbocycles. The molecule has 4 aromatic rings. The van der Waals surface area contributed by atoms with Gasteiger partial charge in [-0.1, -0.05) is 61.9 Å². The van der Waals surface area contributed by atoms with Crippen molar-refractivity contribution in [3.05, 3.63) is 88.6 Å². The maximum absolute atomic E-state index is 13.3. The number of unbranched alkanes of at least 4 members (excludes halogenated alkanes) is 6. The minimum atomic E-state index is -1.03. The molecule has 7 rings (SSSR count). The Morgan fingerprint density at radius 1 is 0.836 bits per heavy atom. The summed E-state index contributed by atoms with van der Waals surface area (Å²) in [6, 6.07) is 17.0. The van der Waals surface area contributed by atoms with E-state index in [4.69, 9.17) is 16.3 Å². The Hall–Kier alpha value is -6.79. The second-order valence-corrected chi connectivity index (χ2v) is 17.1. The van der Waals surface area contributed by atoms with Crippen molar-refractivity contribution in [2.24, 2.45) is 0 Å². The Bertz CT molecular complexity index is 2460. The van der Waals surface area contributed by atoms with Crippen LogP contribution in [0.15, 0.2) is 66.9 Å². The zero-order valence-corrected chi connectivity index (χ0v) is 38.7. The van der Waals surface area contributed by atoms with Crippen LogP contribution in [0, 0.1) is 0 Å². The molecule has 6 amide bonds. The summed E-state index contributed by atoms with van der Waals surface area (Å²) < 4.78 is 5.77. The molecule has 2 saturated heterocycles. The summed E-state index contributed by atoms with van der Waals surface area (Å²) in [6.07, 6.45) is 9.65. The molecular weight excluding hydrogens is 878 g/mol. The fourth-order valence-corrected chi connectivity index (χ4v) is 8.69. The van der Waals surface area contributed by atoms with Crippen LogP contribution in [0.2, 0.25) is 5.02 Å². The Balaban J connectivity index is 0.739. The molecule has 1 unspecified atom stereocenters. The fraction of sp³-hybridized carbons (Fsp3) is 0.417. The lowest BCUT2D eigenvalue weighted by Crippen LogP contribution is -2.54. The van der Waals surface area contributed by atoms with E-state index in [2.05, 4.69) is 57.7 Å². The second-order valence-electron chi connectivity index (χ2n) is 16.7. The van der Waals surface area contributed by atoms with Gasteiger partial charge >= 0.3 is 0 Å². The van der Waals surface area contributed by atoms with Crippen LogP contribution in [0.1, 0.15) is 95.3 Å². The van der Waals surface area contributed by atoms with Gasteiger partial charge in [-0.2, -0.15) is 4.98 Å². The monoisotopic (exact) mass is 935 g/mol. The lowest BCUT2D eigenvalue weighted by atomic mass is 10.0. The van der Waals surface area contributed by atoms with E-state index in [-0.39, 0.29) is 35.8 Å². The highest BCUT2D eigenvalue weighted by Crippen LogP contribution is 2.34. The molecule has 3 aliphatic heterocycles. The number of benzene rings is 3. The van der Waals surface area contributed by atoms with E-state index >= 15 is 0 Å². The van der Waals surface area contributed by atoms with Crippen molar-refractivity contribution in [2.75, 3.05) is 80.8 Å². The second kappa shape index (κ2) is 23.1. The van der Waals surface area contributed by atoms with Crippen molar-refractivity contribution in [1.82, 2.24) is 35.7 Å². The molecule has 18 nitrogen and oxygen atoms in total. The summed E-state index contributed by atoms with van der Waals surface area (Å²) in [4.78, 5) is 90.0. The van der Waals surface area contributed by atoms with Crippen molar-refractivity contribution in [3.8, 4) is 5.75 Å². The van der Waals surface area contributed by atoms with Gasteiger partial charge in [-0.3, -0.25) is 43.9 Å². The molecule has 1 atom stereocenters. The highest BCUT2D eigenvalue weighted by molar-refractivity contribution is 6.33. The number of hydrogen-bond acceptors (Lipinski definition) is 14. The van der Waals surface area contributed by atoms with Crippen molar-refractivity contribution >= 4 is 81.6 Å². The topological polar surface area (TPSA) is 219 Å². The summed E-state index contributed by atoms with van der Waals surface area (Å²) >= 11 is 6.44. The molecule has 2 fully saturated rings. The number of anilines is 6. The van der Waals surface area contributed by atoms with Crippen LogP contribution >= 0.6 is 11.6 Å². The van der Waals surface area contributed by atoms with Crippen LogP contribution in [0.4, 0.5) is 34.5 Å². The van der Waals surface area contributed by atoms with Gasteiger partial charge in [-0.05, 0) is 62.2 Å². The number of fused-ring (bicyclic) bond motifs is 1. The number of carbonyl (C=O) groups excluding carboxylic acids is 6. The normalized spacial score (nSPS) is 16.1. The first-order valence-electron chi connectivity index (χ1n) is 22.9. The molecule has 0 radical (unpaired) electrons. The summed E-state index contributed by atoms with van der Waals surface area (Å²) in [6.45, 7) is 5.57. The molecular formula is C48H58ClN11O7. The van der Waals surface area contributed by atoms with Crippen molar-refractivity contribution in [3.63, 3.8) is 0 Å². The van der Waals surface area contributed by atoms with Crippen LogP contribution in [-0.4, -0.2) is 121 Å². The third-order valence-corrected chi connectivity index (χ3v) is 12.5. The number of aromatic nitrogens is 2. The molecule has 0 saturated carbocycles. The zero-order valence-electron chi connectivity index (χ0n) is 37.9. The van der Waals surface area contributed by atoms with E-state index in [9.17, 15) is 28.8 Å². The van der Waals surface area contributed by atoms with Gasteiger partial charge in [0.2, 0.25) is 23.7 Å². The molecule has 0 spiro atoms. The molecule has 4 heterocycles. The largest absolute Gasteiger partial charge is 0.494 e. The van der Waals surface area contributed by atoms with Gasteiger partial charge in [-0.15, -0.1) is 0 Å². The van der Waals surface area contributed by atoms with Crippen molar-refractivity contribution < 1.29 is 33.5 Å². The minimum Gasteiger partial charge on any atom is -0.494 e. The van der Waals surface area contributed by atoms with Crippen LogP contribution in [0.5, 0.6) is 5.75 Å². The van der Waals surface area contributed by atoms with E-state index in [0.717, 1.165) is 75.4 Å². The number of methoxy groups -OCH3 is 1. The van der Waals surface area contributed by atoms with Crippen LogP contribution < -0.4 is 41.5 Å². The van der Waals surface area contributed by atoms with Gasteiger partial charge in [0.15, 0.2) is 5.82 Å². The average Bonchev–Trinajstić information content (AvgIpc) is 3.59. The van der Waals surface area contributed by atoms with Gasteiger partial charge in [0.05, 0.1) is 41.4 Å². The quantitative estimate of drug-likeness (QED) is 0.0402. The Morgan fingerprint density at radius 3 is 2.34 bits per heavy atom. The van der Waals surface area contributed by atoms with Gasteiger partial charge < -0.3 is 36.2 Å². The Kier molecular flexibility index (Phi) is 16.6. The maximum atomic E-state index is 13.3. The number of piperazine rings is 1. The number of para-hydroxylation sites is 1.